The van der Waals surface area contributed by atoms with E-state index in [2.05, 4.69) is 13.8 Å². The molecule has 0 saturated heterocycles. The summed E-state index contributed by atoms with van der Waals surface area (Å²) in [6.45, 7) is 6.63. The highest BCUT2D eigenvalue weighted by Gasteiger charge is 2.07. The van der Waals surface area contributed by atoms with Crippen molar-refractivity contribution in [3.63, 3.8) is 0 Å². The Balaban J connectivity index is 3.10. The summed E-state index contributed by atoms with van der Waals surface area (Å²) in [5.74, 6) is 0.961. The van der Waals surface area contributed by atoms with Crippen molar-refractivity contribution in [2.75, 3.05) is 0 Å². The lowest BCUT2D eigenvalue weighted by molar-refractivity contribution is -0.111. The van der Waals surface area contributed by atoms with E-state index >= 15 is 0 Å². The van der Waals surface area contributed by atoms with Gasteiger partial charge in [-0.15, -0.1) is 0 Å². The molecule has 2 atom stereocenters. The molecule has 150 valence electrons. The number of unbranched alkanes of at least 4 members (excludes halogenated alkanes) is 15. The summed E-state index contributed by atoms with van der Waals surface area (Å²) in [6, 6.07) is 0. The number of rotatable bonds is 20. The summed E-state index contributed by atoms with van der Waals surface area (Å²) in [5.41, 5.74) is 0. The van der Waals surface area contributed by atoms with Crippen molar-refractivity contribution in [3.05, 3.63) is 0 Å². The van der Waals surface area contributed by atoms with Gasteiger partial charge in [-0.1, -0.05) is 130 Å². The third-order valence-electron chi connectivity index (χ3n) is 5.56. The standard InChI is InChI=1S/C24H48O/c1-4-5-6-7-8-9-10-11-12-13-14-15-16-17-18-19-20-23(2)21-24(3)22-25/h22-24H,4-21H2,1-3H3/t23-,24-/m0/s1. The van der Waals surface area contributed by atoms with E-state index in [0.29, 0.717) is 5.92 Å². The van der Waals surface area contributed by atoms with Gasteiger partial charge in [0.2, 0.25) is 0 Å². The fraction of sp³-hybridized carbons (Fsp3) is 0.958. The number of carbonyl (C=O) groups is 1. The minimum Gasteiger partial charge on any atom is -0.303 e. The Morgan fingerprint density at radius 1 is 0.600 bits per heavy atom. The zero-order valence-electron chi connectivity index (χ0n) is 17.9. The molecule has 0 aromatic carbocycles. The monoisotopic (exact) mass is 352 g/mol. The number of hydrogen-bond donors (Lipinski definition) is 0. The van der Waals surface area contributed by atoms with E-state index in [9.17, 15) is 4.79 Å². The molecule has 0 amide bonds. The van der Waals surface area contributed by atoms with Crippen molar-refractivity contribution < 1.29 is 4.79 Å². The molecule has 1 nitrogen and oxygen atoms in total. The van der Waals surface area contributed by atoms with Crippen LogP contribution in [0.4, 0.5) is 0 Å². The lowest BCUT2D eigenvalue weighted by atomic mass is 9.93. The van der Waals surface area contributed by atoms with Crippen LogP contribution in [0.2, 0.25) is 0 Å². The van der Waals surface area contributed by atoms with Gasteiger partial charge in [0.05, 0.1) is 0 Å². The van der Waals surface area contributed by atoms with Gasteiger partial charge in [-0.2, -0.15) is 0 Å². The van der Waals surface area contributed by atoms with E-state index in [1.54, 1.807) is 0 Å². The van der Waals surface area contributed by atoms with Crippen molar-refractivity contribution in [2.45, 2.75) is 136 Å². The van der Waals surface area contributed by atoms with Gasteiger partial charge in [0.1, 0.15) is 6.29 Å². The van der Waals surface area contributed by atoms with Crippen LogP contribution in [0.15, 0.2) is 0 Å². The van der Waals surface area contributed by atoms with Crippen LogP contribution >= 0.6 is 0 Å². The van der Waals surface area contributed by atoms with Crippen molar-refractivity contribution in [1.29, 1.82) is 0 Å². The molecule has 0 aliphatic heterocycles. The first-order valence-corrected chi connectivity index (χ1v) is 11.7. The second-order valence-corrected chi connectivity index (χ2v) is 8.55. The molecule has 0 unspecified atom stereocenters. The van der Waals surface area contributed by atoms with Crippen molar-refractivity contribution in [1.82, 2.24) is 0 Å². The van der Waals surface area contributed by atoms with Crippen molar-refractivity contribution >= 4 is 6.29 Å². The summed E-state index contributed by atoms with van der Waals surface area (Å²) in [6.07, 6.45) is 26.4. The summed E-state index contributed by atoms with van der Waals surface area (Å²) in [4.78, 5) is 10.7. The highest BCUT2D eigenvalue weighted by molar-refractivity contribution is 5.52. The van der Waals surface area contributed by atoms with E-state index in [0.717, 1.165) is 12.7 Å². The van der Waals surface area contributed by atoms with Crippen LogP contribution in [-0.2, 0) is 4.79 Å². The highest BCUT2D eigenvalue weighted by Crippen LogP contribution is 2.18. The zero-order chi connectivity index (χ0) is 18.6. The lowest BCUT2D eigenvalue weighted by Gasteiger charge is -2.12. The summed E-state index contributed by atoms with van der Waals surface area (Å²) in [5, 5.41) is 0. The van der Waals surface area contributed by atoms with E-state index in [-0.39, 0.29) is 5.92 Å². The minimum atomic E-state index is 0.246. The molecule has 0 aromatic heterocycles. The normalized spacial score (nSPS) is 13.7. The fourth-order valence-electron chi connectivity index (χ4n) is 3.85. The first-order valence-electron chi connectivity index (χ1n) is 11.7. The molecular weight excluding hydrogens is 304 g/mol. The maximum Gasteiger partial charge on any atom is 0.122 e. The molecule has 0 aliphatic rings. The predicted octanol–water partition coefficient (Wildman–Crippen LogP) is 8.50. The first-order chi connectivity index (χ1) is 12.2. The molecule has 1 heteroatoms. The Bertz CT molecular complexity index is 261. The summed E-state index contributed by atoms with van der Waals surface area (Å²) < 4.78 is 0. The van der Waals surface area contributed by atoms with Gasteiger partial charge < -0.3 is 4.79 Å². The Morgan fingerprint density at radius 3 is 1.32 bits per heavy atom. The molecule has 0 aliphatic carbocycles. The second-order valence-electron chi connectivity index (χ2n) is 8.55. The van der Waals surface area contributed by atoms with Gasteiger partial charge in [-0.25, -0.2) is 0 Å². The number of carbonyl (C=O) groups excluding carboxylic acids is 1. The quantitative estimate of drug-likeness (QED) is 0.158. The van der Waals surface area contributed by atoms with E-state index < -0.39 is 0 Å². The maximum atomic E-state index is 10.7. The summed E-state index contributed by atoms with van der Waals surface area (Å²) in [7, 11) is 0. The molecule has 25 heavy (non-hydrogen) atoms. The fourth-order valence-corrected chi connectivity index (χ4v) is 3.85. The highest BCUT2D eigenvalue weighted by atomic mass is 16.1. The van der Waals surface area contributed by atoms with Crippen LogP contribution in [0, 0.1) is 11.8 Å². The number of hydrogen-bond acceptors (Lipinski definition) is 1. The van der Waals surface area contributed by atoms with Crippen LogP contribution < -0.4 is 0 Å². The smallest absolute Gasteiger partial charge is 0.122 e. The third-order valence-corrected chi connectivity index (χ3v) is 5.56. The van der Waals surface area contributed by atoms with Crippen molar-refractivity contribution in [2.24, 2.45) is 11.8 Å². The second kappa shape index (κ2) is 20.0. The Hall–Kier alpha value is -0.330. The molecule has 0 radical (unpaired) electrons. The van der Waals surface area contributed by atoms with Crippen LogP contribution in [0.25, 0.3) is 0 Å². The van der Waals surface area contributed by atoms with Gasteiger partial charge in [0.25, 0.3) is 0 Å². The van der Waals surface area contributed by atoms with Gasteiger partial charge in [-0.05, 0) is 12.3 Å². The predicted molar refractivity (Wildman–Crippen MR) is 113 cm³/mol. The average molecular weight is 353 g/mol. The zero-order valence-corrected chi connectivity index (χ0v) is 17.9. The van der Waals surface area contributed by atoms with E-state index in [1.165, 1.54) is 109 Å². The third kappa shape index (κ3) is 19.8. The Kier molecular flexibility index (Phi) is 19.7. The largest absolute Gasteiger partial charge is 0.303 e. The van der Waals surface area contributed by atoms with Crippen LogP contribution in [-0.4, -0.2) is 6.29 Å². The first kappa shape index (κ1) is 24.7. The van der Waals surface area contributed by atoms with Gasteiger partial charge in [0.15, 0.2) is 0 Å². The SMILES string of the molecule is CCCCCCCCCCCCCCCCCC[C@H](C)C[C@H](C)C=O. The maximum absolute atomic E-state index is 10.7. The van der Waals surface area contributed by atoms with Gasteiger partial charge >= 0.3 is 0 Å². The summed E-state index contributed by atoms with van der Waals surface area (Å²) >= 11 is 0. The molecule has 0 saturated carbocycles. The molecular formula is C24H48O. The lowest BCUT2D eigenvalue weighted by Crippen LogP contribution is -2.04. The molecule has 0 spiro atoms. The molecule has 0 bridgehead atoms. The van der Waals surface area contributed by atoms with Gasteiger partial charge in [0, 0.05) is 5.92 Å². The minimum absolute atomic E-state index is 0.246. The van der Waals surface area contributed by atoms with Crippen molar-refractivity contribution in [3.8, 4) is 0 Å². The molecule has 0 aromatic rings. The van der Waals surface area contributed by atoms with E-state index in [1.807, 2.05) is 6.92 Å². The number of aldehydes is 1. The van der Waals surface area contributed by atoms with Crippen LogP contribution in [0.3, 0.4) is 0 Å². The topological polar surface area (TPSA) is 17.1 Å². The molecule has 0 N–H and O–H groups in total. The van der Waals surface area contributed by atoms with Gasteiger partial charge in [-0.3, -0.25) is 0 Å². The molecule has 0 heterocycles. The molecule has 0 fully saturated rings. The van der Waals surface area contributed by atoms with Crippen LogP contribution in [0.5, 0.6) is 0 Å². The Labute approximate surface area is 159 Å². The molecule has 0 rings (SSSR count). The van der Waals surface area contributed by atoms with E-state index in [4.69, 9.17) is 0 Å². The Morgan fingerprint density at radius 2 is 0.960 bits per heavy atom. The van der Waals surface area contributed by atoms with Crippen LogP contribution in [0.1, 0.15) is 136 Å². The average Bonchev–Trinajstić information content (AvgIpc) is 2.61.